The minimum Gasteiger partial charge on any atom is -0.306 e. The number of anilines is 1. The van der Waals surface area contributed by atoms with Crippen LogP contribution in [0.2, 0.25) is 0 Å². The third-order valence-electron chi connectivity index (χ3n) is 5.37. The van der Waals surface area contributed by atoms with Crippen molar-refractivity contribution in [3.63, 3.8) is 0 Å². The molecular formula is C23H19N5OS. The Morgan fingerprint density at radius 2 is 1.87 bits per heavy atom. The maximum atomic E-state index is 12.7. The van der Waals surface area contributed by atoms with Crippen molar-refractivity contribution in [3.05, 3.63) is 70.4 Å². The van der Waals surface area contributed by atoms with Gasteiger partial charge < -0.3 is 5.32 Å². The van der Waals surface area contributed by atoms with E-state index < -0.39 is 0 Å². The lowest BCUT2D eigenvalue weighted by Gasteiger charge is -2.14. The predicted octanol–water partition coefficient (Wildman–Crippen LogP) is 4.79. The second kappa shape index (κ2) is 7.39. The second-order valence-corrected chi connectivity index (χ2v) is 8.53. The van der Waals surface area contributed by atoms with E-state index in [0.29, 0.717) is 16.9 Å². The summed E-state index contributed by atoms with van der Waals surface area (Å²) in [5, 5.41) is 17.1. The first kappa shape index (κ1) is 18.5. The number of benzene rings is 2. The Bertz CT molecular complexity index is 1270. The van der Waals surface area contributed by atoms with Crippen molar-refractivity contribution in [1.82, 2.24) is 14.8 Å². The van der Waals surface area contributed by atoms with Crippen molar-refractivity contribution < 1.29 is 4.79 Å². The summed E-state index contributed by atoms with van der Waals surface area (Å²) in [5.74, 6) is 0.322. The van der Waals surface area contributed by atoms with Gasteiger partial charge in [-0.2, -0.15) is 15.0 Å². The van der Waals surface area contributed by atoms with Crippen molar-refractivity contribution in [1.29, 1.82) is 5.26 Å². The maximum absolute atomic E-state index is 12.7. The van der Waals surface area contributed by atoms with Gasteiger partial charge in [0.15, 0.2) is 0 Å². The zero-order valence-corrected chi connectivity index (χ0v) is 17.3. The first-order chi connectivity index (χ1) is 14.6. The van der Waals surface area contributed by atoms with Crippen molar-refractivity contribution in [3.8, 4) is 11.2 Å². The normalized spacial score (nSPS) is 13.1. The maximum Gasteiger partial charge on any atom is 0.256 e. The molecule has 30 heavy (non-hydrogen) atoms. The van der Waals surface area contributed by atoms with Crippen molar-refractivity contribution in [2.24, 2.45) is 0 Å². The van der Waals surface area contributed by atoms with Gasteiger partial charge in [0, 0.05) is 11.6 Å². The summed E-state index contributed by atoms with van der Waals surface area (Å²) in [4.78, 5) is 17.5. The van der Waals surface area contributed by atoms with Gasteiger partial charge in [0.05, 0.1) is 27.5 Å². The molecule has 1 N–H and O–H groups in total. The third kappa shape index (κ3) is 3.36. The summed E-state index contributed by atoms with van der Waals surface area (Å²) in [7, 11) is 0. The smallest absolute Gasteiger partial charge is 0.256 e. The second-order valence-electron chi connectivity index (χ2n) is 7.52. The van der Waals surface area contributed by atoms with E-state index in [-0.39, 0.29) is 5.91 Å². The number of aromatic nitrogens is 3. The van der Waals surface area contributed by atoms with Gasteiger partial charge >= 0.3 is 0 Å². The molecule has 0 saturated heterocycles. The quantitative estimate of drug-likeness (QED) is 0.523. The molecule has 2 aromatic heterocycles. The summed E-state index contributed by atoms with van der Waals surface area (Å²) in [6.45, 7) is 1.89. The van der Waals surface area contributed by atoms with Crippen LogP contribution >= 0.6 is 11.3 Å². The summed E-state index contributed by atoms with van der Waals surface area (Å²) < 4.78 is 2.84. The largest absolute Gasteiger partial charge is 0.306 e. The Balaban J connectivity index is 1.48. The fraction of sp³-hybridized carbons (Fsp3) is 0.217. The van der Waals surface area contributed by atoms with Gasteiger partial charge in [-0.05, 0) is 80.1 Å². The van der Waals surface area contributed by atoms with Crippen molar-refractivity contribution in [2.45, 2.75) is 32.6 Å². The van der Waals surface area contributed by atoms with E-state index in [9.17, 15) is 4.79 Å². The van der Waals surface area contributed by atoms with Crippen LogP contribution in [0.5, 0.6) is 0 Å². The monoisotopic (exact) mass is 413 g/mol. The van der Waals surface area contributed by atoms with E-state index in [1.54, 1.807) is 40.3 Å². The molecule has 1 aliphatic carbocycles. The van der Waals surface area contributed by atoms with E-state index in [4.69, 9.17) is 10.2 Å². The molecule has 0 atom stereocenters. The zero-order valence-electron chi connectivity index (χ0n) is 16.5. The molecule has 6 nitrogen and oxygen atoms in total. The number of nitrogens with zero attached hydrogens (tertiary/aromatic N) is 4. The van der Waals surface area contributed by atoms with E-state index in [0.717, 1.165) is 33.9 Å². The van der Waals surface area contributed by atoms with Crippen LogP contribution in [0.1, 0.15) is 45.6 Å². The fourth-order valence-corrected chi connectivity index (χ4v) is 4.83. The highest BCUT2D eigenvalue weighted by Crippen LogP contribution is 2.32. The minimum absolute atomic E-state index is 0.253. The summed E-state index contributed by atoms with van der Waals surface area (Å²) in [6.07, 6.45) is 4.73. The third-order valence-corrected chi connectivity index (χ3v) is 6.36. The number of rotatable bonds is 3. The molecule has 2 heterocycles. The first-order valence-electron chi connectivity index (χ1n) is 9.91. The van der Waals surface area contributed by atoms with Gasteiger partial charge in [-0.3, -0.25) is 4.79 Å². The number of nitriles is 1. The number of hydrogen-bond acceptors (Lipinski definition) is 5. The Kier molecular flexibility index (Phi) is 4.57. The number of hydrogen-bond donors (Lipinski definition) is 1. The van der Waals surface area contributed by atoms with Crippen LogP contribution in [-0.4, -0.2) is 20.7 Å². The van der Waals surface area contributed by atoms with Crippen molar-refractivity contribution >= 4 is 33.3 Å². The SMILES string of the molecule is Cc1cc(NC(=O)c2ccc(C#N)cc2)n(-c2nc3cc4c(cc3s2)CCCC4)n1. The van der Waals surface area contributed by atoms with Crippen LogP contribution in [0.15, 0.2) is 42.5 Å². The van der Waals surface area contributed by atoms with Gasteiger partial charge in [-0.1, -0.05) is 11.3 Å². The molecule has 0 saturated carbocycles. The number of amides is 1. The van der Waals surface area contributed by atoms with Gasteiger partial charge in [0.25, 0.3) is 5.91 Å². The number of carbonyl (C=O) groups is 1. The molecule has 7 heteroatoms. The number of aryl methyl sites for hydroxylation is 3. The van der Waals surface area contributed by atoms with Crippen LogP contribution in [-0.2, 0) is 12.8 Å². The summed E-state index contributed by atoms with van der Waals surface area (Å²) in [6, 6.07) is 14.9. The number of nitrogens with one attached hydrogen (secondary N) is 1. The Morgan fingerprint density at radius 1 is 1.13 bits per heavy atom. The van der Waals surface area contributed by atoms with E-state index in [1.807, 2.05) is 13.0 Å². The molecule has 148 valence electrons. The molecule has 5 rings (SSSR count). The highest BCUT2D eigenvalue weighted by atomic mass is 32.1. The zero-order chi connectivity index (χ0) is 20.7. The van der Waals surface area contributed by atoms with Gasteiger partial charge in [0.1, 0.15) is 5.82 Å². The number of thiazole rings is 1. The lowest BCUT2D eigenvalue weighted by Crippen LogP contribution is -2.15. The minimum atomic E-state index is -0.253. The molecule has 0 unspecified atom stereocenters. The van der Waals surface area contributed by atoms with Gasteiger partial charge in [-0.25, -0.2) is 4.98 Å². The van der Waals surface area contributed by atoms with Crippen LogP contribution in [0.3, 0.4) is 0 Å². The summed E-state index contributed by atoms with van der Waals surface area (Å²) >= 11 is 1.58. The lowest BCUT2D eigenvalue weighted by molar-refractivity contribution is 0.102. The van der Waals surface area contributed by atoms with Gasteiger partial charge in [-0.15, -0.1) is 0 Å². The molecule has 0 aliphatic heterocycles. The molecule has 0 spiro atoms. The molecule has 1 aliphatic rings. The van der Waals surface area contributed by atoms with Crippen LogP contribution in [0.4, 0.5) is 5.82 Å². The van der Waals surface area contributed by atoms with E-state index >= 15 is 0 Å². The molecule has 0 fully saturated rings. The molecular weight excluding hydrogens is 394 g/mol. The molecule has 4 aromatic rings. The molecule has 1 amide bonds. The van der Waals surface area contributed by atoms with Crippen LogP contribution < -0.4 is 5.32 Å². The predicted molar refractivity (Wildman–Crippen MR) is 117 cm³/mol. The Hall–Kier alpha value is -3.50. The van der Waals surface area contributed by atoms with Crippen LogP contribution in [0.25, 0.3) is 15.3 Å². The van der Waals surface area contributed by atoms with Crippen molar-refractivity contribution in [2.75, 3.05) is 5.32 Å². The molecule has 2 aromatic carbocycles. The first-order valence-corrected chi connectivity index (χ1v) is 10.7. The lowest BCUT2D eigenvalue weighted by atomic mass is 9.92. The number of fused-ring (bicyclic) bond motifs is 2. The molecule has 0 bridgehead atoms. The summed E-state index contributed by atoms with van der Waals surface area (Å²) in [5.41, 5.74) is 5.60. The average Bonchev–Trinajstić information content (AvgIpc) is 3.34. The van der Waals surface area contributed by atoms with E-state index in [1.165, 1.54) is 24.0 Å². The standard InChI is InChI=1S/C23H19N5OS/c1-14-10-21(26-22(29)16-8-6-15(13-24)7-9-16)28(27-14)23-25-19-11-17-4-2-3-5-18(17)12-20(19)30-23/h6-12H,2-5H2,1H3,(H,26,29). The van der Waals surface area contributed by atoms with Gasteiger partial charge in [0.2, 0.25) is 5.13 Å². The number of carbonyl (C=O) groups excluding carboxylic acids is 1. The Labute approximate surface area is 177 Å². The highest BCUT2D eigenvalue weighted by molar-refractivity contribution is 7.20. The fourth-order valence-electron chi connectivity index (χ4n) is 3.85. The Morgan fingerprint density at radius 3 is 2.60 bits per heavy atom. The van der Waals surface area contributed by atoms with Crippen LogP contribution in [0, 0.1) is 18.3 Å². The topological polar surface area (TPSA) is 83.6 Å². The van der Waals surface area contributed by atoms with E-state index in [2.05, 4.69) is 28.6 Å². The highest BCUT2D eigenvalue weighted by Gasteiger charge is 2.17. The average molecular weight is 414 g/mol. The molecule has 0 radical (unpaired) electrons.